The molecule has 1 aliphatic heterocycles. The number of carbonyl (C=O) groups is 2. The Morgan fingerprint density at radius 2 is 1.90 bits per heavy atom. The molecule has 0 unspecified atom stereocenters. The number of rotatable bonds is 1. The van der Waals surface area contributed by atoms with E-state index < -0.39 is 5.97 Å². The summed E-state index contributed by atoms with van der Waals surface area (Å²) in [7, 11) is 3.21. The average Bonchev–Trinajstić information content (AvgIpc) is 2.62. The summed E-state index contributed by atoms with van der Waals surface area (Å²) in [5.41, 5.74) is 3.22. The van der Waals surface area contributed by atoms with E-state index >= 15 is 0 Å². The fourth-order valence-corrected chi connectivity index (χ4v) is 2.45. The molecule has 0 saturated carbocycles. The van der Waals surface area contributed by atoms with Crippen molar-refractivity contribution in [1.29, 1.82) is 0 Å². The molecule has 0 fully saturated rings. The van der Waals surface area contributed by atoms with Crippen LogP contribution in [0.1, 0.15) is 20.7 Å². The summed E-state index contributed by atoms with van der Waals surface area (Å²) in [6, 6.07) is 12.5. The molecule has 1 amide bonds. The van der Waals surface area contributed by atoms with E-state index in [4.69, 9.17) is 4.74 Å². The van der Waals surface area contributed by atoms with Gasteiger partial charge in [0, 0.05) is 7.05 Å². The van der Waals surface area contributed by atoms with E-state index in [1.54, 1.807) is 24.3 Å². The van der Waals surface area contributed by atoms with Gasteiger partial charge in [0.1, 0.15) is 0 Å². The van der Waals surface area contributed by atoms with Crippen molar-refractivity contribution in [2.45, 2.75) is 0 Å². The molecule has 1 aliphatic rings. The van der Waals surface area contributed by atoms with Crippen molar-refractivity contribution in [2.24, 2.45) is 0 Å². The first-order valence-corrected chi connectivity index (χ1v) is 6.48. The van der Waals surface area contributed by atoms with Gasteiger partial charge >= 0.3 is 5.97 Å². The lowest BCUT2D eigenvalue weighted by molar-refractivity contribution is 0.0600. The van der Waals surface area contributed by atoms with Gasteiger partial charge in [-0.1, -0.05) is 12.1 Å². The third-order valence-electron chi connectivity index (χ3n) is 3.54. The zero-order valence-electron chi connectivity index (χ0n) is 11.7. The summed E-state index contributed by atoms with van der Waals surface area (Å²) >= 11 is 0. The molecular weight excluding hydrogens is 268 g/mol. The maximum Gasteiger partial charge on any atom is 0.337 e. The molecule has 0 saturated heterocycles. The third-order valence-corrected chi connectivity index (χ3v) is 3.54. The van der Waals surface area contributed by atoms with Gasteiger partial charge in [-0.2, -0.15) is 0 Å². The van der Waals surface area contributed by atoms with Crippen LogP contribution in [0, 0.1) is 0 Å². The summed E-state index contributed by atoms with van der Waals surface area (Å²) in [5.74, 6) is -0.630. The number of hydrogen-bond donors (Lipinski definition) is 1. The highest BCUT2D eigenvalue weighted by molar-refractivity contribution is 6.12. The lowest BCUT2D eigenvalue weighted by atomic mass is 10.1. The van der Waals surface area contributed by atoms with Crippen molar-refractivity contribution in [2.75, 3.05) is 24.4 Å². The number of carbonyl (C=O) groups excluding carboxylic acids is 2. The summed E-state index contributed by atoms with van der Waals surface area (Å²) in [6.45, 7) is 0. The van der Waals surface area contributed by atoms with E-state index in [-0.39, 0.29) is 5.91 Å². The number of hydrogen-bond acceptors (Lipinski definition) is 4. The second-order valence-electron chi connectivity index (χ2n) is 4.75. The smallest absolute Gasteiger partial charge is 0.337 e. The van der Waals surface area contributed by atoms with Crippen LogP contribution in [0.15, 0.2) is 42.5 Å². The predicted molar refractivity (Wildman–Crippen MR) is 80.2 cm³/mol. The molecular formula is C16H14N2O3. The van der Waals surface area contributed by atoms with E-state index in [0.717, 1.165) is 11.4 Å². The lowest BCUT2D eigenvalue weighted by Crippen LogP contribution is -2.11. The van der Waals surface area contributed by atoms with E-state index in [2.05, 4.69) is 5.32 Å². The Bertz CT molecular complexity index is 740. The highest BCUT2D eigenvalue weighted by Crippen LogP contribution is 2.36. The van der Waals surface area contributed by atoms with Crippen molar-refractivity contribution in [3.8, 4) is 0 Å². The average molecular weight is 282 g/mol. The number of methoxy groups -OCH3 is 1. The molecule has 0 radical (unpaired) electrons. The Balaban J connectivity index is 2.14. The summed E-state index contributed by atoms with van der Waals surface area (Å²) < 4.78 is 4.71. The van der Waals surface area contributed by atoms with E-state index in [1.165, 1.54) is 7.11 Å². The quantitative estimate of drug-likeness (QED) is 0.817. The largest absolute Gasteiger partial charge is 0.465 e. The molecule has 1 heterocycles. The molecule has 0 aromatic heterocycles. The predicted octanol–water partition coefficient (Wildman–Crippen LogP) is 2.81. The standard InChI is InChI=1S/C16H14N2O3/c1-18-13-6-4-3-5-11(13)15(19)17-12-9-10(16(20)21-2)7-8-14(12)18/h3-9H,1-2H3,(H,17,19). The zero-order valence-corrected chi connectivity index (χ0v) is 11.7. The van der Waals surface area contributed by atoms with Crippen LogP contribution in [-0.2, 0) is 4.74 Å². The molecule has 2 aromatic rings. The number of nitrogens with one attached hydrogen (secondary N) is 1. The van der Waals surface area contributed by atoms with E-state index in [0.29, 0.717) is 16.8 Å². The molecule has 0 spiro atoms. The third kappa shape index (κ3) is 2.12. The number of fused-ring (bicyclic) bond motifs is 2. The Kier molecular flexibility index (Phi) is 3.10. The van der Waals surface area contributed by atoms with Crippen LogP contribution in [0.3, 0.4) is 0 Å². The van der Waals surface area contributed by atoms with E-state index in [9.17, 15) is 9.59 Å². The van der Waals surface area contributed by atoms with E-state index in [1.807, 2.05) is 30.1 Å². The van der Waals surface area contributed by atoms with Gasteiger partial charge in [-0.25, -0.2) is 4.79 Å². The van der Waals surface area contributed by atoms with Crippen molar-refractivity contribution in [1.82, 2.24) is 0 Å². The molecule has 2 aromatic carbocycles. The number of ether oxygens (including phenoxy) is 1. The number of anilines is 3. The van der Waals surface area contributed by atoms with Crippen molar-refractivity contribution in [3.05, 3.63) is 53.6 Å². The Labute approximate surface area is 122 Å². The highest BCUT2D eigenvalue weighted by Gasteiger charge is 2.23. The van der Waals surface area contributed by atoms with Crippen LogP contribution in [0.25, 0.3) is 0 Å². The monoisotopic (exact) mass is 282 g/mol. The number of amides is 1. The summed E-state index contributed by atoms with van der Waals surface area (Å²) in [6.07, 6.45) is 0. The van der Waals surface area contributed by atoms with Crippen LogP contribution in [0.4, 0.5) is 17.1 Å². The summed E-state index contributed by atoms with van der Waals surface area (Å²) in [4.78, 5) is 25.8. The minimum Gasteiger partial charge on any atom is -0.465 e. The van der Waals surface area contributed by atoms with Crippen molar-refractivity contribution >= 4 is 28.9 Å². The van der Waals surface area contributed by atoms with Gasteiger partial charge in [0.15, 0.2) is 0 Å². The molecule has 106 valence electrons. The van der Waals surface area contributed by atoms with Gasteiger partial charge in [-0.3, -0.25) is 4.79 Å². The highest BCUT2D eigenvalue weighted by atomic mass is 16.5. The minimum atomic E-state index is -0.434. The first-order chi connectivity index (χ1) is 10.1. The summed E-state index contributed by atoms with van der Waals surface area (Å²) in [5, 5.41) is 2.84. The SMILES string of the molecule is COC(=O)c1ccc2c(c1)NC(=O)c1ccccc1N2C. The maximum atomic E-state index is 12.3. The van der Waals surface area contributed by atoms with Crippen molar-refractivity contribution in [3.63, 3.8) is 0 Å². The van der Waals surface area contributed by atoms with Gasteiger partial charge in [0.05, 0.1) is 35.3 Å². The van der Waals surface area contributed by atoms with Gasteiger partial charge in [0.25, 0.3) is 5.91 Å². The first kappa shape index (κ1) is 13.2. The number of para-hydroxylation sites is 1. The molecule has 5 nitrogen and oxygen atoms in total. The number of benzene rings is 2. The van der Waals surface area contributed by atoms with Gasteiger partial charge in [0.2, 0.25) is 0 Å². The molecule has 0 bridgehead atoms. The number of nitrogens with zero attached hydrogens (tertiary/aromatic N) is 1. The molecule has 0 atom stereocenters. The number of esters is 1. The van der Waals surface area contributed by atoms with Crippen molar-refractivity contribution < 1.29 is 14.3 Å². The topological polar surface area (TPSA) is 58.6 Å². The fourth-order valence-electron chi connectivity index (χ4n) is 2.45. The second-order valence-corrected chi connectivity index (χ2v) is 4.75. The fraction of sp³-hybridized carbons (Fsp3) is 0.125. The molecule has 5 heteroatoms. The molecule has 21 heavy (non-hydrogen) atoms. The van der Waals surface area contributed by atoms with Crippen LogP contribution in [0.5, 0.6) is 0 Å². The molecule has 3 rings (SSSR count). The Morgan fingerprint density at radius 1 is 1.14 bits per heavy atom. The Hall–Kier alpha value is -2.82. The van der Waals surface area contributed by atoms with Gasteiger partial charge in [-0.15, -0.1) is 0 Å². The minimum absolute atomic E-state index is 0.196. The second kappa shape index (κ2) is 4.94. The van der Waals surface area contributed by atoms with Crippen LogP contribution in [-0.4, -0.2) is 26.0 Å². The molecule has 1 N–H and O–H groups in total. The maximum absolute atomic E-state index is 12.3. The van der Waals surface area contributed by atoms with Crippen LogP contribution < -0.4 is 10.2 Å². The zero-order chi connectivity index (χ0) is 15.0. The molecule has 0 aliphatic carbocycles. The first-order valence-electron chi connectivity index (χ1n) is 6.48. The lowest BCUT2D eigenvalue weighted by Gasteiger charge is -2.20. The van der Waals surface area contributed by atoms with Gasteiger partial charge < -0.3 is 15.0 Å². The normalized spacial score (nSPS) is 12.9. The Morgan fingerprint density at radius 3 is 2.67 bits per heavy atom. The van der Waals surface area contributed by atoms with Gasteiger partial charge in [-0.05, 0) is 30.3 Å². The van der Waals surface area contributed by atoms with Crippen LogP contribution in [0.2, 0.25) is 0 Å². The van der Waals surface area contributed by atoms with Crippen LogP contribution >= 0.6 is 0 Å².